The van der Waals surface area contributed by atoms with E-state index in [1.54, 1.807) is 22.9 Å². The van der Waals surface area contributed by atoms with E-state index >= 15 is 0 Å². The highest BCUT2D eigenvalue weighted by Gasteiger charge is 2.11. The lowest BCUT2D eigenvalue weighted by molar-refractivity contribution is -0.117. The number of nitrogens with zero attached hydrogens (tertiary/aromatic N) is 3. The van der Waals surface area contributed by atoms with Gasteiger partial charge in [0.2, 0.25) is 5.91 Å². The van der Waals surface area contributed by atoms with Gasteiger partial charge in [-0.15, -0.1) is 0 Å². The summed E-state index contributed by atoms with van der Waals surface area (Å²) in [7, 11) is 1.82. The Balaban J connectivity index is 1.56. The van der Waals surface area contributed by atoms with E-state index in [4.69, 9.17) is 4.42 Å². The van der Waals surface area contributed by atoms with Crippen molar-refractivity contribution >= 4 is 38.8 Å². The third-order valence-electron chi connectivity index (χ3n) is 3.69. The minimum Gasteiger partial charge on any atom is -0.408 e. The van der Waals surface area contributed by atoms with Crippen LogP contribution in [0.25, 0.3) is 11.1 Å². The van der Waals surface area contributed by atoms with Crippen LogP contribution in [0.15, 0.2) is 56.3 Å². The lowest BCUT2D eigenvalue weighted by atomic mass is 10.3. The summed E-state index contributed by atoms with van der Waals surface area (Å²) >= 11 is 3.30. The fourth-order valence-electron chi connectivity index (χ4n) is 2.45. The molecule has 8 heteroatoms. The first-order valence-corrected chi connectivity index (χ1v) is 8.50. The van der Waals surface area contributed by atoms with Gasteiger partial charge < -0.3 is 9.73 Å². The van der Waals surface area contributed by atoms with Crippen molar-refractivity contribution < 1.29 is 9.21 Å². The number of halogens is 1. The van der Waals surface area contributed by atoms with Crippen LogP contribution in [0.1, 0.15) is 0 Å². The highest BCUT2D eigenvalue weighted by atomic mass is 79.9. The molecule has 7 nitrogen and oxygen atoms in total. The zero-order valence-electron chi connectivity index (χ0n) is 13.6. The lowest BCUT2D eigenvalue weighted by Gasteiger charge is -2.16. The van der Waals surface area contributed by atoms with Crippen LogP contribution in [-0.4, -0.2) is 40.5 Å². The average molecular weight is 405 g/mol. The number of oxazole rings is 1. The number of carbonyl (C=O) groups is 1. The minimum atomic E-state index is -0.391. The number of pyridine rings is 1. The molecule has 0 aliphatic heterocycles. The maximum atomic E-state index is 12.1. The smallest absolute Gasteiger partial charge is 0.408 e. The van der Waals surface area contributed by atoms with Gasteiger partial charge in [-0.05, 0) is 47.2 Å². The molecular weight excluding hydrogens is 388 g/mol. The maximum absolute atomic E-state index is 12.1. The van der Waals surface area contributed by atoms with E-state index in [9.17, 15) is 9.59 Å². The molecule has 0 radical (unpaired) electrons. The van der Waals surface area contributed by atoms with Crippen LogP contribution in [0.5, 0.6) is 0 Å². The van der Waals surface area contributed by atoms with Crippen LogP contribution in [0.2, 0.25) is 0 Å². The van der Waals surface area contributed by atoms with Crippen LogP contribution in [-0.2, 0) is 11.3 Å². The molecule has 3 aromatic rings. The van der Waals surface area contributed by atoms with Crippen molar-refractivity contribution in [2.45, 2.75) is 6.54 Å². The summed E-state index contributed by atoms with van der Waals surface area (Å²) in [6.45, 7) is 1.17. The number of anilines is 1. The topological polar surface area (TPSA) is 80.4 Å². The molecule has 0 saturated heterocycles. The molecule has 2 aromatic heterocycles. The second kappa shape index (κ2) is 7.62. The van der Waals surface area contributed by atoms with Crippen molar-refractivity contribution in [3.8, 4) is 0 Å². The van der Waals surface area contributed by atoms with Crippen molar-refractivity contribution in [2.24, 2.45) is 0 Å². The standard InChI is InChI=1S/C17H17BrN4O3/c1-21(11-16(23)20-15-7-6-12(18)10-19-15)8-9-22-13-4-2-3-5-14(13)25-17(22)24/h2-7,10H,8-9,11H2,1H3,(H,19,20,23). The first kappa shape index (κ1) is 17.4. The summed E-state index contributed by atoms with van der Waals surface area (Å²) in [4.78, 5) is 29.9. The normalized spacial score (nSPS) is 11.2. The zero-order valence-corrected chi connectivity index (χ0v) is 15.2. The monoisotopic (exact) mass is 404 g/mol. The van der Waals surface area contributed by atoms with Gasteiger partial charge >= 0.3 is 5.76 Å². The molecule has 1 N–H and O–H groups in total. The number of rotatable bonds is 6. The molecule has 25 heavy (non-hydrogen) atoms. The number of hydrogen-bond donors (Lipinski definition) is 1. The first-order valence-electron chi connectivity index (χ1n) is 7.71. The predicted octanol–water partition coefficient (Wildman–Crippen LogP) is 2.32. The number of aromatic nitrogens is 2. The van der Waals surface area contributed by atoms with Crippen molar-refractivity contribution in [1.29, 1.82) is 0 Å². The molecule has 1 amide bonds. The molecular formula is C17H17BrN4O3. The Morgan fingerprint density at radius 3 is 2.88 bits per heavy atom. The molecule has 0 atom stereocenters. The summed E-state index contributed by atoms with van der Waals surface area (Å²) in [5.41, 5.74) is 1.32. The fraction of sp³-hybridized carbons (Fsp3) is 0.235. The van der Waals surface area contributed by atoms with E-state index in [-0.39, 0.29) is 12.5 Å². The van der Waals surface area contributed by atoms with Crippen molar-refractivity contribution in [3.05, 3.63) is 57.6 Å². The van der Waals surface area contributed by atoms with Crippen LogP contribution in [0, 0.1) is 0 Å². The van der Waals surface area contributed by atoms with Gasteiger partial charge in [-0.1, -0.05) is 12.1 Å². The molecule has 0 bridgehead atoms. The van der Waals surface area contributed by atoms with Crippen molar-refractivity contribution in [2.75, 3.05) is 25.5 Å². The lowest BCUT2D eigenvalue weighted by Crippen LogP contribution is -2.33. The van der Waals surface area contributed by atoms with E-state index in [1.165, 1.54) is 0 Å². The largest absolute Gasteiger partial charge is 0.419 e. The fourth-order valence-corrected chi connectivity index (χ4v) is 2.69. The Morgan fingerprint density at radius 1 is 1.32 bits per heavy atom. The quantitative estimate of drug-likeness (QED) is 0.681. The molecule has 3 rings (SSSR count). The van der Waals surface area contributed by atoms with Crippen LogP contribution in [0.4, 0.5) is 5.82 Å². The summed E-state index contributed by atoms with van der Waals surface area (Å²) in [6.07, 6.45) is 1.62. The van der Waals surface area contributed by atoms with Crippen molar-refractivity contribution in [3.63, 3.8) is 0 Å². The molecule has 2 heterocycles. The summed E-state index contributed by atoms with van der Waals surface area (Å²) in [5.74, 6) is -0.0570. The summed E-state index contributed by atoms with van der Waals surface area (Å²) in [6, 6.07) is 10.8. The van der Waals surface area contributed by atoms with Gasteiger partial charge in [0.05, 0.1) is 12.1 Å². The SMILES string of the molecule is CN(CCn1c(=O)oc2ccccc21)CC(=O)Nc1ccc(Br)cn1. The summed E-state index contributed by atoms with van der Waals surface area (Å²) < 4.78 is 7.62. The van der Waals surface area contributed by atoms with Gasteiger partial charge in [0.1, 0.15) is 5.82 Å². The van der Waals surface area contributed by atoms with Gasteiger partial charge in [0.15, 0.2) is 5.58 Å². The molecule has 0 aliphatic rings. The Hall–Kier alpha value is -2.45. The Labute approximate surface area is 152 Å². The number of fused-ring (bicyclic) bond motifs is 1. The highest BCUT2D eigenvalue weighted by Crippen LogP contribution is 2.12. The molecule has 130 valence electrons. The highest BCUT2D eigenvalue weighted by molar-refractivity contribution is 9.10. The molecule has 0 aliphatic carbocycles. The van der Waals surface area contributed by atoms with Gasteiger partial charge in [-0.3, -0.25) is 14.3 Å². The van der Waals surface area contributed by atoms with Crippen LogP contribution < -0.4 is 11.1 Å². The van der Waals surface area contributed by atoms with Gasteiger partial charge in [-0.25, -0.2) is 9.78 Å². The predicted molar refractivity (Wildman–Crippen MR) is 98.5 cm³/mol. The zero-order chi connectivity index (χ0) is 17.8. The third-order valence-corrected chi connectivity index (χ3v) is 4.16. The van der Waals surface area contributed by atoms with Crippen molar-refractivity contribution in [1.82, 2.24) is 14.5 Å². The van der Waals surface area contributed by atoms with Gasteiger partial charge in [-0.2, -0.15) is 0 Å². The maximum Gasteiger partial charge on any atom is 0.419 e. The number of amides is 1. The number of benzene rings is 1. The van der Waals surface area contributed by atoms with E-state index in [0.717, 1.165) is 9.99 Å². The number of para-hydroxylation sites is 2. The Morgan fingerprint density at radius 2 is 2.12 bits per heavy atom. The van der Waals surface area contributed by atoms with Gasteiger partial charge in [0, 0.05) is 23.8 Å². The number of likely N-dealkylation sites (N-methyl/N-ethyl adjacent to an activating group) is 1. The Bertz CT molecular complexity index is 933. The second-order valence-corrected chi connectivity index (χ2v) is 6.55. The molecule has 0 fully saturated rings. The van der Waals surface area contributed by atoms with Gasteiger partial charge in [0.25, 0.3) is 0 Å². The van der Waals surface area contributed by atoms with E-state index in [2.05, 4.69) is 26.2 Å². The molecule has 1 aromatic carbocycles. The average Bonchev–Trinajstić information content (AvgIpc) is 2.90. The third kappa shape index (κ3) is 4.34. The molecule has 0 unspecified atom stereocenters. The van der Waals surface area contributed by atoms with Crippen LogP contribution >= 0.6 is 15.9 Å². The van der Waals surface area contributed by atoms with Crippen LogP contribution in [0.3, 0.4) is 0 Å². The molecule has 0 saturated carbocycles. The number of hydrogen-bond acceptors (Lipinski definition) is 5. The van der Waals surface area contributed by atoms with E-state index in [0.29, 0.717) is 24.5 Å². The van der Waals surface area contributed by atoms with E-state index < -0.39 is 5.76 Å². The first-order chi connectivity index (χ1) is 12.0. The molecule has 0 spiro atoms. The number of nitrogens with one attached hydrogen (secondary N) is 1. The number of carbonyl (C=O) groups excluding carboxylic acids is 1. The second-order valence-electron chi connectivity index (χ2n) is 5.63. The Kier molecular flexibility index (Phi) is 5.30. The minimum absolute atomic E-state index is 0.165. The van der Waals surface area contributed by atoms with E-state index in [1.807, 2.05) is 36.2 Å². The summed E-state index contributed by atoms with van der Waals surface area (Å²) in [5, 5.41) is 2.73.